The smallest absolute Gasteiger partial charge is 0.306 e. The second-order valence-electron chi connectivity index (χ2n) is 8.50. The molecule has 0 radical (unpaired) electrons. The minimum absolute atomic E-state index is 0.0366. The van der Waals surface area contributed by atoms with Gasteiger partial charge in [0.15, 0.2) is 0 Å². The molecule has 3 N–H and O–H groups in total. The molecule has 4 aromatic rings. The first kappa shape index (κ1) is 19.5. The molecule has 0 saturated heterocycles. The summed E-state index contributed by atoms with van der Waals surface area (Å²) in [5.41, 5.74) is 10.1. The van der Waals surface area contributed by atoms with E-state index in [1.807, 2.05) is 12.4 Å². The Balaban J connectivity index is 1.71. The zero-order chi connectivity index (χ0) is 21.4. The van der Waals surface area contributed by atoms with Crippen molar-refractivity contribution >= 4 is 16.6 Å². The number of nitrogens with one attached hydrogen (secondary N) is 1. The van der Waals surface area contributed by atoms with Crippen molar-refractivity contribution in [2.24, 2.45) is 0 Å². The molecule has 0 spiro atoms. The van der Waals surface area contributed by atoms with Gasteiger partial charge in [0.2, 0.25) is 12.1 Å². The van der Waals surface area contributed by atoms with Gasteiger partial charge >= 0.3 is 5.88 Å². The third-order valence-electron chi connectivity index (χ3n) is 6.05. The quantitative estimate of drug-likeness (QED) is 0.437. The van der Waals surface area contributed by atoms with E-state index in [1.54, 1.807) is 0 Å². The molecule has 5 nitrogen and oxygen atoms in total. The van der Waals surface area contributed by atoms with E-state index < -0.39 is 0 Å². The van der Waals surface area contributed by atoms with Crippen LogP contribution in [0.4, 0.5) is 5.82 Å². The van der Waals surface area contributed by atoms with Crippen LogP contribution in [0.3, 0.4) is 0 Å². The predicted octanol–water partition coefficient (Wildman–Crippen LogP) is 2.93. The summed E-state index contributed by atoms with van der Waals surface area (Å²) in [5, 5.41) is 2.38. The topological polar surface area (TPSA) is 56.5 Å². The van der Waals surface area contributed by atoms with E-state index in [1.165, 1.54) is 21.2 Å². The molecule has 5 rings (SSSR count). The van der Waals surface area contributed by atoms with Crippen LogP contribution in [-0.4, -0.2) is 25.6 Å². The molecule has 5 heteroatoms. The van der Waals surface area contributed by atoms with Gasteiger partial charge in [0.25, 0.3) is 0 Å². The minimum atomic E-state index is -0.0366. The number of anilines is 1. The van der Waals surface area contributed by atoms with Crippen LogP contribution in [-0.2, 0) is 6.54 Å². The first-order chi connectivity index (χ1) is 15.1. The SMILES string of the molecule is C[NH+](C)CCC[n+]1cnc2c(c1N)[C@@H](c1ccccc1)c1c(ccc3ccccc13)O2. The highest BCUT2D eigenvalue weighted by Gasteiger charge is 2.37. The van der Waals surface area contributed by atoms with E-state index in [9.17, 15) is 0 Å². The molecule has 0 unspecified atom stereocenters. The van der Waals surface area contributed by atoms with E-state index in [2.05, 4.69) is 84.3 Å². The molecule has 0 amide bonds. The third-order valence-corrected chi connectivity index (χ3v) is 6.05. The lowest BCUT2D eigenvalue weighted by Gasteiger charge is -2.28. The average Bonchev–Trinajstić information content (AvgIpc) is 2.79. The third kappa shape index (κ3) is 3.51. The number of hydrogen-bond acceptors (Lipinski definition) is 3. The van der Waals surface area contributed by atoms with Gasteiger partial charge in [-0.3, -0.25) is 0 Å². The number of hydrogen-bond donors (Lipinski definition) is 2. The van der Waals surface area contributed by atoms with E-state index in [4.69, 9.17) is 10.5 Å². The summed E-state index contributed by atoms with van der Waals surface area (Å²) < 4.78 is 8.37. The number of nitrogens with two attached hydrogens (primary N) is 1. The number of quaternary nitrogens is 1. The molecule has 2 heterocycles. The van der Waals surface area contributed by atoms with Crippen molar-refractivity contribution in [1.29, 1.82) is 0 Å². The van der Waals surface area contributed by atoms with Gasteiger partial charge in [-0.1, -0.05) is 65.6 Å². The zero-order valence-electron chi connectivity index (χ0n) is 18.0. The Labute approximate surface area is 182 Å². The van der Waals surface area contributed by atoms with E-state index in [-0.39, 0.29) is 5.92 Å². The van der Waals surface area contributed by atoms with Crippen LogP contribution in [0.5, 0.6) is 11.6 Å². The van der Waals surface area contributed by atoms with Crippen LogP contribution < -0.4 is 19.9 Å². The van der Waals surface area contributed by atoms with Gasteiger partial charge in [0, 0.05) is 12.0 Å². The highest BCUT2D eigenvalue weighted by Crippen LogP contribution is 2.50. The van der Waals surface area contributed by atoms with E-state index in [0.717, 1.165) is 42.2 Å². The summed E-state index contributed by atoms with van der Waals surface area (Å²) in [5.74, 6) is 2.14. The second kappa shape index (κ2) is 8.00. The first-order valence-electron chi connectivity index (χ1n) is 10.8. The highest BCUT2D eigenvalue weighted by atomic mass is 16.5. The summed E-state index contributed by atoms with van der Waals surface area (Å²) in [7, 11) is 4.33. The first-order valence-corrected chi connectivity index (χ1v) is 10.8. The normalized spacial score (nSPS) is 14.9. The Morgan fingerprint density at radius 2 is 1.74 bits per heavy atom. The van der Waals surface area contributed by atoms with Crippen molar-refractivity contribution < 1.29 is 14.2 Å². The molecule has 0 bridgehead atoms. The summed E-state index contributed by atoms with van der Waals surface area (Å²) >= 11 is 0. The van der Waals surface area contributed by atoms with E-state index >= 15 is 0 Å². The summed E-state index contributed by atoms with van der Waals surface area (Å²) in [6, 6.07) is 23.1. The number of benzene rings is 3. The largest absolute Gasteiger partial charge is 0.426 e. The number of aromatic nitrogens is 2. The number of nitrogens with zero attached hydrogens (tertiary/aromatic N) is 2. The summed E-state index contributed by atoms with van der Waals surface area (Å²) in [6.45, 7) is 1.91. The predicted molar refractivity (Wildman–Crippen MR) is 123 cm³/mol. The Morgan fingerprint density at radius 1 is 0.968 bits per heavy atom. The van der Waals surface area contributed by atoms with Crippen molar-refractivity contribution in [2.75, 3.05) is 26.4 Å². The van der Waals surface area contributed by atoms with Gasteiger partial charge < -0.3 is 15.4 Å². The van der Waals surface area contributed by atoms with Crippen LogP contribution >= 0.6 is 0 Å². The van der Waals surface area contributed by atoms with Crippen molar-refractivity contribution in [1.82, 2.24) is 4.98 Å². The molecular weight excluding hydrogens is 384 g/mol. The van der Waals surface area contributed by atoms with Crippen molar-refractivity contribution in [3.8, 4) is 11.6 Å². The van der Waals surface area contributed by atoms with Gasteiger partial charge in [-0.05, 0) is 22.4 Å². The molecule has 156 valence electrons. The summed E-state index contributed by atoms with van der Waals surface area (Å²) in [6.07, 6.45) is 2.85. The van der Waals surface area contributed by atoms with Crippen LogP contribution in [0, 0.1) is 0 Å². The molecule has 0 fully saturated rings. The van der Waals surface area contributed by atoms with Crippen molar-refractivity contribution in [2.45, 2.75) is 18.9 Å². The maximum atomic E-state index is 6.79. The number of nitrogen functional groups attached to an aromatic ring is 1. The number of ether oxygens (including phenoxy) is 1. The fourth-order valence-electron chi connectivity index (χ4n) is 4.54. The Hall–Kier alpha value is -3.44. The van der Waals surface area contributed by atoms with Crippen LogP contribution in [0.25, 0.3) is 10.8 Å². The van der Waals surface area contributed by atoms with Gasteiger partial charge in [0.1, 0.15) is 11.3 Å². The average molecular weight is 413 g/mol. The van der Waals surface area contributed by atoms with Gasteiger partial charge in [0.05, 0.1) is 33.1 Å². The lowest BCUT2D eigenvalue weighted by atomic mass is 9.81. The monoisotopic (exact) mass is 412 g/mol. The molecule has 1 atom stereocenters. The van der Waals surface area contributed by atoms with Crippen molar-refractivity contribution in [3.05, 3.63) is 89.7 Å². The molecule has 1 aromatic heterocycles. The summed E-state index contributed by atoms with van der Waals surface area (Å²) in [4.78, 5) is 6.11. The lowest BCUT2D eigenvalue weighted by Crippen LogP contribution is -3.05. The van der Waals surface area contributed by atoms with Crippen molar-refractivity contribution in [3.63, 3.8) is 0 Å². The lowest BCUT2D eigenvalue weighted by molar-refractivity contribution is -0.861. The Morgan fingerprint density at radius 3 is 2.55 bits per heavy atom. The Kier molecular flexibility index (Phi) is 5.04. The highest BCUT2D eigenvalue weighted by molar-refractivity contribution is 5.90. The molecule has 1 aliphatic rings. The number of fused-ring (bicyclic) bond motifs is 4. The van der Waals surface area contributed by atoms with Gasteiger partial charge in [-0.25, -0.2) is 4.57 Å². The molecule has 1 aliphatic heterocycles. The molecule has 3 aromatic carbocycles. The standard InChI is InChI=1S/C26H26N4O/c1-29(2)15-8-16-30-17-28-26-24(25(30)27)22(19-10-4-3-5-11-19)23-20-12-7-6-9-18(20)13-14-21(23)31-26/h3-7,9-14,17,22,27H,8,15-16H2,1-2H3/p+2/t22-/m0/s1. The fourth-order valence-corrected chi connectivity index (χ4v) is 4.54. The fraction of sp³-hybridized carbons (Fsp3) is 0.231. The maximum absolute atomic E-state index is 6.79. The molecule has 31 heavy (non-hydrogen) atoms. The second-order valence-corrected chi connectivity index (χ2v) is 8.50. The number of rotatable bonds is 5. The minimum Gasteiger partial charge on any atom is -0.426 e. The zero-order valence-corrected chi connectivity index (χ0v) is 18.0. The molecule has 0 aliphatic carbocycles. The van der Waals surface area contributed by atoms with Crippen LogP contribution in [0.1, 0.15) is 29.0 Å². The molecular formula is C26H28N4O+2. The maximum Gasteiger partial charge on any atom is 0.306 e. The molecule has 0 saturated carbocycles. The van der Waals surface area contributed by atoms with Crippen LogP contribution in [0.2, 0.25) is 0 Å². The Bertz CT molecular complexity index is 1240. The van der Waals surface area contributed by atoms with E-state index in [0.29, 0.717) is 5.88 Å². The van der Waals surface area contributed by atoms with Gasteiger partial charge in [-0.15, -0.1) is 0 Å². The van der Waals surface area contributed by atoms with Crippen LogP contribution in [0.15, 0.2) is 73.1 Å². The van der Waals surface area contributed by atoms with Gasteiger partial charge in [-0.2, -0.15) is 0 Å². The number of aryl methyl sites for hydroxylation is 1.